The maximum atomic E-state index is 13.7. The smallest absolute Gasteiger partial charge is 0.314 e. The molecule has 2 N–H and O–H groups in total. The van der Waals surface area contributed by atoms with Gasteiger partial charge in [0, 0.05) is 6.04 Å². The summed E-state index contributed by atoms with van der Waals surface area (Å²) in [6, 6.07) is 18.1. The molecule has 1 aliphatic carbocycles. The Balaban J connectivity index is 1.37. The Bertz CT molecular complexity index is 985. The van der Waals surface area contributed by atoms with Gasteiger partial charge in [-0.1, -0.05) is 73.5 Å². The second-order valence-corrected chi connectivity index (χ2v) is 9.31. The summed E-state index contributed by atoms with van der Waals surface area (Å²) in [5.41, 5.74) is 2.52. The van der Waals surface area contributed by atoms with Crippen molar-refractivity contribution in [1.29, 1.82) is 0 Å². The second kappa shape index (κ2) is 8.98. The van der Waals surface area contributed by atoms with E-state index in [1.54, 1.807) is 0 Å². The normalized spacial score (nSPS) is 24.8. The fourth-order valence-electron chi connectivity index (χ4n) is 5.83. The van der Waals surface area contributed by atoms with Crippen LogP contribution in [0.15, 0.2) is 60.7 Å². The lowest BCUT2D eigenvalue weighted by Crippen LogP contribution is -2.54. The van der Waals surface area contributed by atoms with Crippen molar-refractivity contribution in [3.05, 3.63) is 71.8 Å². The molecule has 2 heterocycles. The van der Waals surface area contributed by atoms with Gasteiger partial charge >= 0.3 is 6.03 Å². The van der Waals surface area contributed by atoms with E-state index in [0.29, 0.717) is 23.1 Å². The average Bonchev–Trinajstić information content (AvgIpc) is 3.11. The Kier molecular flexibility index (Phi) is 5.89. The van der Waals surface area contributed by atoms with Crippen LogP contribution in [0, 0.1) is 5.92 Å². The fourth-order valence-corrected chi connectivity index (χ4v) is 5.83. The highest BCUT2D eigenvalue weighted by atomic mass is 16.2. The zero-order valence-corrected chi connectivity index (χ0v) is 18.7. The maximum Gasteiger partial charge on any atom is 0.344 e. The third kappa shape index (κ3) is 3.91. The van der Waals surface area contributed by atoms with E-state index in [0.717, 1.165) is 24.4 Å². The lowest BCUT2D eigenvalue weighted by Gasteiger charge is -2.43. The maximum absolute atomic E-state index is 13.7. The summed E-state index contributed by atoms with van der Waals surface area (Å²) in [6.45, 7) is 1.08. The number of urea groups is 1. The Labute approximate surface area is 194 Å². The first-order chi connectivity index (χ1) is 16.1. The third-order valence-corrected chi connectivity index (χ3v) is 7.38. The number of fused-ring (bicyclic) bond motifs is 1. The van der Waals surface area contributed by atoms with Crippen molar-refractivity contribution in [1.82, 2.24) is 20.7 Å². The van der Waals surface area contributed by atoms with Gasteiger partial charge in [-0.2, -0.15) is 5.01 Å². The van der Waals surface area contributed by atoms with Crippen LogP contribution in [0.25, 0.3) is 0 Å². The van der Waals surface area contributed by atoms with E-state index in [1.165, 1.54) is 25.7 Å². The minimum absolute atomic E-state index is 0.196. The van der Waals surface area contributed by atoms with Crippen LogP contribution in [0.4, 0.5) is 4.79 Å². The summed E-state index contributed by atoms with van der Waals surface area (Å²) >= 11 is 0. The molecule has 2 aromatic carbocycles. The average molecular weight is 447 g/mol. The molecule has 0 spiro atoms. The molecule has 5 rings (SSSR count). The van der Waals surface area contributed by atoms with E-state index in [-0.39, 0.29) is 12.5 Å². The number of hydrogen-bond acceptors (Lipinski definition) is 4. The molecule has 3 fully saturated rings. The van der Waals surface area contributed by atoms with Crippen LogP contribution in [0.3, 0.4) is 0 Å². The van der Waals surface area contributed by atoms with Crippen molar-refractivity contribution < 1.29 is 14.4 Å². The molecule has 0 unspecified atom stereocenters. The number of nitrogens with zero attached hydrogens (tertiary/aromatic N) is 2. The SMILES string of the molecule is O=C(CN1CCC[C@H]2CCCC[C@@H]21)NN1C(=O)NC(c2ccccc2)(c2ccccc2)C1=O. The van der Waals surface area contributed by atoms with Gasteiger partial charge in [-0.05, 0) is 49.3 Å². The summed E-state index contributed by atoms with van der Waals surface area (Å²) in [5, 5.41) is 3.72. The molecule has 0 radical (unpaired) electrons. The number of carbonyl (C=O) groups excluding carboxylic acids is 3. The van der Waals surface area contributed by atoms with Gasteiger partial charge in [0.05, 0.1) is 6.54 Å². The molecule has 0 bridgehead atoms. The molecule has 2 atom stereocenters. The first-order valence-corrected chi connectivity index (χ1v) is 11.9. The molecular weight excluding hydrogens is 416 g/mol. The lowest BCUT2D eigenvalue weighted by atomic mass is 9.78. The van der Waals surface area contributed by atoms with Crippen molar-refractivity contribution >= 4 is 17.8 Å². The molecule has 4 amide bonds. The molecule has 0 aromatic heterocycles. The second-order valence-electron chi connectivity index (χ2n) is 9.31. The predicted molar refractivity (Wildman–Crippen MR) is 124 cm³/mol. The van der Waals surface area contributed by atoms with Gasteiger partial charge in [-0.25, -0.2) is 4.79 Å². The zero-order chi connectivity index (χ0) is 22.8. The van der Waals surface area contributed by atoms with E-state index < -0.39 is 17.5 Å². The van der Waals surface area contributed by atoms with E-state index in [2.05, 4.69) is 15.6 Å². The summed E-state index contributed by atoms with van der Waals surface area (Å²) in [4.78, 5) is 41.9. The van der Waals surface area contributed by atoms with E-state index in [9.17, 15) is 14.4 Å². The van der Waals surface area contributed by atoms with Gasteiger partial charge in [-0.3, -0.25) is 19.9 Å². The van der Waals surface area contributed by atoms with Gasteiger partial charge in [0.1, 0.15) is 0 Å². The Hall–Kier alpha value is -3.19. The highest BCUT2D eigenvalue weighted by molar-refractivity contribution is 6.10. The number of hydrogen-bond donors (Lipinski definition) is 2. The van der Waals surface area contributed by atoms with Crippen molar-refractivity contribution in [2.75, 3.05) is 13.1 Å². The Morgan fingerprint density at radius 3 is 2.18 bits per heavy atom. The zero-order valence-electron chi connectivity index (χ0n) is 18.7. The number of rotatable bonds is 5. The van der Waals surface area contributed by atoms with Crippen LogP contribution in [-0.2, 0) is 15.1 Å². The van der Waals surface area contributed by atoms with Crippen molar-refractivity contribution in [3.63, 3.8) is 0 Å². The van der Waals surface area contributed by atoms with Crippen LogP contribution < -0.4 is 10.7 Å². The molecule has 1 saturated carbocycles. The van der Waals surface area contributed by atoms with Crippen molar-refractivity contribution in [2.24, 2.45) is 5.92 Å². The van der Waals surface area contributed by atoms with Crippen LogP contribution in [0.1, 0.15) is 49.7 Å². The van der Waals surface area contributed by atoms with Gasteiger partial charge in [0.2, 0.25) is 0 Å². The first kappa shape index (κ1) is 21.6. The monoisotopic (exact) mass is 446 g/mol. The topological polar surface area (TPSA) is 81.8 Å². The van der Waals surface area contributed by atoms with Crippen LogP contribution in [-0.4, -0.2) is 46.9 Å². The predicted octanol–water partition coefficient (Wildman–Crippen LogP) is 3.17. The number of piperidine rings is 1. The highest BCUT2D eigenvalue weighted by Crippen LogP contribution is 2.36. The lowest BCUT2D eigenvalue weighted by molar-refractivity contribution is -0.139. The number of hydrazine groups is 1. The van der Waals surface area contributed by atoms with Gasteiger partial charge in [0.25, 0.3) is 11.8 Å². The van der Waals surface area contributed by atoms with E-state index in [1.807, 2.05) is 60.7 Å². The Morgan fingerprint density at radius 2 is 1.52 bits per heavy atom. The minimum atomic E-state index is -1.38. The number of nitrogens with one attached hydrogen (secondary N) is 2. The Morgan fingerprint density at radius 1 is 0.909 bits per heavy atom. The number of amides is 4. The third-order valence-electron chi connectivity index (χ3n) is 7.38. The molecule has 2 saturated heterocycles. The molecule has 33 heavy (non-hydrogen) atoms. The summed E-state index contributed by atoms with van der Waals surface area (Å²) in [5.74, 6) is -0.185. The van der Waals surface area contributed by atoms with Gasteiger partial charge < -0.3 is 5.32 Å². The summed E-state index contributed by atoms with van der Waals surface area (Å²) in [7, 11) is 0. The quantitative estimate of drug-likeness (QED) is 0.692. The number of carbonyl (C=O) groups is 3. The molecule has 7 nitrogen and oxygen atoms in total. The molecule has 2 aromatic rings. The fraction of sp³-hybridized carbons (Fsp3) is 0.423. The van der Waals surface area contributed by atoms with Crippen LogP contribution >= 0.6 is 0 Å². The van der Waals surface area contributed by atoms with Crippen molar-refractivity contribution in [3.8, 4) is 0 Å². The minimum Gasteiger partial charge on any atom is -0.314 e. The van der Waals surface area contributed by atoms with E-state index in [4.69, 9.17) is 0 Å². The number of benzene rings is 2. The number of likely N-dealkylation sites (tertiary alicyclic amines) is 1. The first-order valence-electron chi connectivity index (χ1n) is 11.9. The largest absolute Gasteiger partial charge is 0.344 e. The van der Waals surface area contributed by atoms with Crippen LogP contribution in [0.2, 0.25) is 0 Å². The standard InChI is InChI=1S/C26H30N4O3/c31-23(18-29-17-9-11-19-10-7-8-16-22(19)29)28-30-24(32)26(27-25(30)33,20-12-3-1-4-13-20)21-14-5-2-6-15-21/h1-6,12-15,19,22H,7-11,16-18H2,(H,27,33)(H,28,31)/t19-,22+/m1/s1. The summed E-state index contributed by atoms with van der Waals surface area (Å²) < 4.78 is 0. The van der Waals surface area contributed by atoms with Gasteiger partial charge in [0.15, 0.2) is 5.54 Å². The molecule has 2 aliphatic heterocycles. The molecule has 3 aliphatic rings. The molecular formula is C26H30N4O3. The summed E-state index contributed by atoms with van der Waals surface area (Å²) in [6.07, 6.45) is 7.13. The van der Waals surface area contributed by atoms with Crippen LogP contribution in [0.5, 0.6) is 0 Å². The number of imide groups is 1. The highest BCUT2D eigenvalue weighted by Gasteiger charge is 2.54. The van der Waals surface area contributed by atoms with Gasteiger partial charge in [-0.15, -0.1) is 0 Å². The molecule has 172 valence electrons. The van der Waals surface area contributed by atoms with E-state index >= 15 is 0 Å². The van der Waals surface area contributed by atoms with Crippen molar-refractivity contribution in [2.45, 2.75) is 50.1 Å². The molecule has 7 heteroatoms.